The molecule has 6 nitrogen and oxygen atoms in total. The summed E-state index contributed by atoms with van der Waals surface area (Å²) in [4.78, 5) is 26.9. The molecule has 1 aliphatic rings. The average molecular weight is 413 g/mol. The smallest absolute Gasteiger partial charge is 0.256 e. The quantitative estimate of drug-likeness (QED) is 0.600. The molecule has 0 spiro atoms. The molecule has 0 N–H and O–H groups in total. The second-order valence-corrected chi connectivity index (χ2v) is 7.56. The van der Waals surface area contributed by atoms with Gasteiger partial charge in [-0.1, -0.05) is 12.1 Å². The summed E-state index contributed by atoms with van der Waals surface area (Å²) in [6.07, 6.45) is 1.01. The Kier molecular flexibility index (Phi) is 4.70. The SMILES string of the molecule is COc1ccc(CN2C(=O)c3ccc(-c4nc(Cl)ncc4F)nc3C2(C)C)cc1. The van der Waals surface area contributed by atoms with E-state index in [4.69, 9.17) is 16.3 Å². The van der Waals surface area contributed by atoms with Crippen LogP contribution in [0.25, 0.3) is 11.4 Å². The van der Waals surface area contributed by atoms with Crippen LogP contribution in [0.5, 0.6) is 5.75 Å². The van der Waals surface area contributed by atoms with Gasteiger partial charge in [-0.05, 0) is 55.3 Å². The number of benzene rings is 1. The Balaban J connectivity index is 1.71. The highest BCUT2D eigenvalue weighted by molar-refractivity contribution is 6.28. The minimum absolute atomic E-state index is 0.00431. The molecule has 0 aliphatic carbocycles. The van der Waals surface area contributed by atoms with Gasteiger partial charge in [0.15, 0.2) is 5.82 Å². The van der Waals surface area contributed by atoms with Crippen molar-refractivity contribution in [3.05, 3.63) is 70.5 Å². The van der Waals surface area contributed by atoms with E-state index in [1.807, 2.05) is 38.1 Å². The molecule has 3 aromatic rings. The highest BCUT2D eigenvalue weighted by Crippen LogP contribution is 2.39. The van der Waals surface area contributed by atoms with Crippen molar-refractivity contribution >= 4 is 17.5 Å². The fourth-order valence-corrected chi connectivity index (χ4v) is 3.60. The first-order valence-corrected chi connectivity index (χ1v) is 9.34. The highest BCUT2D eigenvalue weighted by Gasteiger charge is 2.44. The number of carbonyl (C=O) groups excluding carboxylic acids is 1. The van der Waals surface area contributed by atoms with E-state index >= 15 is 0 Å². The minimum Gasteiger partial charge on any atom is -0.497 e. The molecule has 0 radical (unpaired) electrons. The maximum Gasteiger partial charge on any atom is 0.256 e. The Labute approximate surface area is 172 Å². The number of halogens is 2. The van der Waals surface area contributed by atoms with Crippen LogP contribution in [0.1, 0.15) is 35.5 Å². The molecule has 1 aromatic carbocycles. The Morgan fingerprint density at radius 3 is 2.55 bits per heavy atom. The lowest BCUT2D eigenvalue weighted by atomic mass is 9.98. The topological polar surface area (TPSA) is 68.2 Å². The Hall–Kier alpha value is -3.06. The summed E-state index contributed by atoms with van der Waals surface area (Å²) >= 11 is 5.81. The van der Waals surface area contributed by atoms with Gasteiger partial charge in [0, 0.05) is 6.54 Å². The fourth-order valence-electron chi connectivity index (χ4n) is 3.47. The van der Waals surface area contributed by atoms with Gasteiger partial charge in [0.2, 0.25) is 5.28 Å². The molecular weight excluding hydrogens is 395 g/mol. The summed E-state index contributed by atoms with van der Waals surface area (Å²) < 4.78 is 19.4. The van der Waals surface area contributed by atoms with Crippen LogP contribution in [0.3, 0.4) is 0 Å². The fraction of sp³-hybridized carbons (Fsp3) is 0.238. The number of ether oxygens (including phenoxy) is 1. The summed E-state index contributed by atoms with van der Waals surface area (Å²) in [5.74, 6) is 0.000945. The molecule has 1 aliphatic heterocycles. The zero-order valence-electron chi connectivity index (χ0n) is 16.1. The molecule has 3 heterocycles. The summed E-state index contributed by atoms with van der Waals surface area (Å²) in [6.45, 7) is 4.25. The molecule has 148 valence electrons. The van der Waals surface area contributed by atoms with E-state index < -0.39 is 11.4 Å². The Morgan fingerprint density at radius 2 is 1.86 bits per heavy atom. The minimum atomic E-state index is -0.685. The zero-order chi connectivity index (χ0) is 20.8. The molecule has 0 atom stereocenters. The number of carbonyl (C=O) groups is 1. The van der Waals surface area contributed by atoms with E-state index in [0.29, 0.717) is 23.5 Å². The Bertz CT molecular complexity index is 1100. The van der Waals surface area contributed by atoms with Crippen LogP contribution < -0.4 is 4.74 Å². The van der Waals surface area contributed by atoms with Crippen LogP contribution in [0, 0.1) is 5.82 Å². The normalized spacial score (nSPS) is 14.8. The first-order valence-electron chi connectivity index (χ1n) is 8.96. The number of hydrogen-bond donors (Lipinski definition) is 0. The van der Waals surface area contributed by atoms with Crippen molar-refractivity contribution < 1.29 is 13.9 Å². The van der Waals surface area contributed by atoms with Gasteiger partial charge in [0.05, 0.1) is 35.8 Å². The van der Waals surface area contributed by atoms with Crippen LogP contribution in [0.2, 0.25) is 5.28 Å². The Morgan fingerprint density at radius 1 is 1.14 bits per heavy atom. The van der Waals surface area contributed by atoms with Gasteiger partial charge >= 0.3 is 0 Å². The van der Waals surface area contributed by atoms with Crippen molar-refractivity contribution in [2.24, 2.45) is 0 Å². The lowest BCUT2D eigenvalue weighted by Crippen LogP contribution is -2.38. The maximum atomic E-state index is 14.2. The monoisotopic (exact) mass is 412 g/mol. The third-order valence-corrected chi connectivity index (χ3v) is 5.26. The molecule has 0 unspecified atom stereocenters. The first kappa shape index (κ1) is 19.3. The number of methoxy groups -OCH3 is 1. The highest BCUT2D eigenvalue weighted by atomic mass is 35.5. The van der Waals surface area contributed by atoms with Crippen LogP contribution in [0.15, 0.2) is 42.6 Å². The van der Waals surface area contributed by atoms with Crippen molar-refractivity contribution in [2.75, 3.05) is 7.11 Å². The van der Waals surface area contributed by atoms with Crippen molar-refractivity contribution in [1.82, 2.24) is 19.9 Å². The van der Waals surface area contributed by atoms with E-state index in [9.17, 15) is 9.18 Å². The van der Waals surface area contributed by atoms with E-state index in [-0.39, 0.29) is 16.9 Å². The van der Waals surface area contributed by atoms with E-state index in [0.717, 1.165) is 17.5 Å². The van der Waals surface area contributed by atoms with E-state index in [2.05, 4.69) is 15.0 Å². The van der Waals surface area contributed by atoms with Crippen molar-refractivity contribution in [2.45, 2.75) is 25.9 Å². The predicted octanol–water partition coefficient (Wildman–Crippen LogP) is 4.23. The molecule has 8 heteroatoms. The predicted molar refractivity (Wildman–Crippen MR) is 106 cm³/mol. The molecule has 2 aromatic heterocycles. The third-order valence-electron chi connectivity index (χ3n) is 5.08. The molecule has 0 fully saturated rings. The maximum absolute atomic E-state index is 14.2. The van der Waals surface area contributed by atoms with Gasteiger partial charge in [0.25, 0.3) is 5.91 Å². The van der Waals surface area contributed by atoms with Gasteiger partial charge in [-0.25, -0.2) is 19.3 Å². The summed E-state index contributed by atoms with van der Waals surface area (Å²) in [5, 5.41) is -0.0693. The number of fused-ring (bicyclic) bond motifs is 1. The van der Waals surface area contributed by atoms with Crippen LogP contribution >= 0.6 is 11.6 Å². The van der Waals surface area contributed by atoms with Crippen molar-refractivity contribution in [1.29, 1.82) is 0 Å². The number of hydrogen-bond acceptors (Lipinski definition) is 5. The second kappa shape index (κ2) is 7.08. The first-order chi connectivity index (χ1) is 13.8. The molecule has 1 amide bonds. The second-order valence-electron chi connectivity index (χ2n) is 7.23. The van der Waals surface area contributed by atoms with Crippen LogP contribution in [0.4, 0.5) is 4.39 Å². The van der Waals surface area contributed by atoms with Gasteiger partial charge in [-0.2, -0.15) is 0 Å². The van der Waals surface area contributed by atoms with Gasteiger partial charge < -0.3 is 9.64 Å². The molecule has 0 bridgehead atoms. The summed E-state index contributed by atoms with van der Waals surface area (Å²) in [5.41, 5.74) is 1.65. The standard InChI is InChI=1S/C21H18ClFN4O2/c1-21(2)18-14(8-9-16(25-18)17-15(23)10-24-20(22)26-17)19(28)27(21)11-12-4-6-13(29-3)7-5-12/h4-10H,11H2,1-3H3. The number of rotatable bonds is 4. The molecular formula is C21H18ClFN4O2. The molecule has 4 rings (SSSR count). The average Bonchev–Trinajstić information content (AvgIpc) is 2.90. The number of amides is 1. The summed E-state index contributed by atoms with van der Waals surface area (Å²) in [7, 11) is 1.61. The number of nitrogens with zero attached hydrogens (tertiary/aromatic N) is 4. The van der Waals surface area contributed by atoms with Gasteiger partial charge in [-0.3, -0.25) is 4.79 Å². The molecule has 0 saturated heterocycles. The molecule has 29 heavy (non-hydrogen) atoms. The number of pyridine rings is 1. The zero-order valence-corrected chi connectivity index (χ0v) is 16.9. The van der Waals surface area contributed by atoms with E-state index in [1.54, 1.807) is 24.1 Å². The summed E-state index contributed by atoms with van der Waals surface area (Å²) in [6, 6.07) is 10.8. The van der Waals surface area contributed by atoms with Gasteiger partial charge in [-0.15, -0.1) is 0 Å². The van der Waals surface area contributed by atoms with Gasteiger partial charge in [0.1, 0.15) is 11.4 Å². The largest absolute Gasteiger partial charge is 0.497 e. The lowest BCUT2D eigenvalue weighted by Gasteiger charge is -2.32. The lowest BCUT2D eigenvalue weighted by molar-refractivity contribution is 0.0591. The van der Waals surface area contributed by atoms with E-state index in [1.165, 1.54) is 0 Å². The third kappa shape index (κ3) is 3.31. The van der Waals surface area contributed by atoms with Crippen molar-refractivity contribution in [3.63, 3.8) is 0 Å². The number of aromatic nitrogens is 3. The van der Waals surface area contributed by atoms with Crippen molar-refractivity contribution in [3.8, 4) is 17.1 Å². The van der Waals surface area contributed by atoms with Crippen LogP contribution in [-0.4, -0.2) is 32.9 Å². The van der Waals surface area contributed by atoms with Crippen LogP contribution in [-0.2, 0) is 12.1 Å². The molecule has 0 saturated carbocycles.